The summed E-state index contributed by atoms with van der Waals surface area (Å²) in [5, 5.41) is 15.5. The van der Waals surface area contributed by atoms with Crippen molar-refractivity contribution in [3.8, 4) is 0 Å². The van der Waals surface area contributed by atoms with Crippen molar-refractivity contribution in [3.63, 3.8) is 0 Å². The van der Waals surface area contributed by atoms with Crippen molar-refractivity contribution in [3.05, 3.63) is 57.7 Å². The molecule has 3 aromatic rings. The second-order valence-corrected chi connectivity index (χ2v) is 6.97. The van der Waals surface area contributed by atoms with E-state index >= 15 is 0 Å². The van der Waals surface area contributed by atoms with E-state index in [-0.39, 0.29) is 37.7 Å². The molecule has 0 atom stereocenters. The maximum absolute atomic E-state index is 12.9. The Balaban J connectivity index is 1.51. The van der Waals surface area contributed by atoms with Crippen molar-refractivity contribution in [2.45, 2.75) is 13.1 Å². The summed E-state index contributed by atoms with van der Waals surface area (Å²) in [5.74, 6) is -0.135. The molecule has 2 aromatic heterocycles. The number of hydrogen-bond acceptors (Lipinski definition) is 7. The van der Waals surface area contributed by atoms with Crippen LogP contribution in [-0.2, 0) is 6.18 Å². The first-order chi connectivity index (χ1) is 14.6. The summed E-state index contributed by atoms with van der Waals surface area (Å²) in [7, 11) is 0. The molecular formula is C18H16F3N7O3. The number of rotatable bonds is 3. The van der Waals surface area contributed by atoms with Gasteiger partial charge in [0, 0.05) is 44.1 Å². The van der Waals surface area contributed by atoms with Gasteiger partial charge < -0.3 is 9.80 Å². The molecule has 0 N–H and O–H groups in total. The number of aromatic nitrogens is 4. The minimum Gasteiger partial charge on any atom is -0.362 e. The Morgan fingerprint density at radius 2 is 1.87 bits per heavy atom. The SMILES string of the molecule is Cc1ccnc2nc(C(=O)N3CCN(c4ccc(C(F)(F)F)cc4[N+](=O)[O-])CC3)nn12. The van der Waals surface area contributed by atoms with E-state index in [9.17, 15) is 28.1 Å². The number of amides is 1. The van der Waals surface area contributed by atoms with Gasteiger partial charge in [-0.25, -0.2) is 9.50 Å². The lowest BCUT2D eigenvalue weighted by molar-refractivity contribution is -0.384. The van der Waals surface area contributed by atoms with Crippen LogP contribution >= 0.6 is 0 Å². The molecule has 1 aromatic carbocycles. The van der Waals surface area contributed by atoms with Gasteiger partial charge in [0.2, 0.25) is 5.82 Å². The molecule has 31 heavy (non-hydrogen) atoms. The second kappa shape index (κ2) is 7.49. The largest absolute Gasteiger partial charge is 0.416 e. The molecule has 0 unspecified atom stereocenters. The van der Waals surface area contributed by atoms with Gasteiger partial charge in [0.1, 0.15) is 5.69 Å². The van der Waals surface area contributed by atoms with E-state index in [1.54, 1.807) is 24.1 Å². The molecule has 1 aliphatic heterocycles. The summed E-state index contributed by atoms with van der Waals surface area (Å²) >= 11 is 0. The van der Waals surface area contributed by atoms with Gasteiger partial charge in [0.05, 0.1) is 10.5 Å². The molecule has 10 nitrogen and oxygen atoms in total. The number of piperazine rings is 1. The Kier molecular flexibility index (Phi) is 4.95. The average Bonchev–Trinajstić information content (AvgIpc) is 3.18. The summed E-state index contributed by atoms with van der Waals surface area (Å²) in [6.45, 7) is 2.64. The third kappa shape index (κ3) is 3.85. The zero-order valence-electron chi connectivity index (χ0n) is 16.2. The number of carbonyl (C=O) groups excluding carboxylic acids is 1. The van der Waals surface area contributed by atoms with E-state index in [2.05, 4.69) is 15.1 Å². The fraction of sp³-hybridized carbons (Fsp3) is 0.333. The standard InChI is InChI=1S/C18H16F3N7O3/c1-11-4-5-22-17-23-15(24-27(11)17)16(29)26-8-6-25(7-9-26)13-3-2-12(18(19,20)21)10-14(13)28(30)31/h2-5,10H,6-9H2,1H3. The van der Waals surface area contributed by atoms with Gasteiger partial charge in [-0.1, -0.05) is 0 Å². The van der Waals surface area contributed by atoms with Crippen molar-refractivity contribution in [1.29, 1.82) is 0 Å². The van der Waals surface area contributed by atoms with Crippen molar-refractivity contribution in [1.82, 2.24) is 24.5 Å². The lowest BCUT2D eigenvalue weighted by Crippen LogP contribution is -2.49. The maximum atomic E-state index is 12.9. The molecule has 1 aliphatic rings. The topological polar surface area (TPSA) is 110 Å². The van der Waals surface area contributed by atoms with Crippen molar-refractivity contribution in [2.75, 3.05) is 31.1 Å². The van der Waals surface area contributed by atoms with Crippen molar-refractivity contribution < 1.29 is 22.9 Å². The summed E-state index contributed by atoms with van der Waals surface area (Å²) < 4.78 is 40.2. The second-order valence-electron chi connectivity index (χ2n) is 6.97. The molecule has 1 fully saturated rings. The number of halogens is 3. The number of aryl methyl sites for hydroxylation is 1. The van der Waals surface area contributed by atoms with E-state index in [4.69, 9.17) is 0 Å². The number of anilines is 1. The Labute approximate surface area is 173 Å². The van der Waals surface area contributed by atoms with E-state index in [0.717, 1.165) is 17.8 Å². The van der Waals surface area contributed by atoms with Crippen LogP contribution < -0.4 is 4.90 Å². The monoisotopic (exact) mass is 435 g/mol. The normalized spacial score (nSPS) is 14.8. The van der Waals surface area contributed by atoms with Gasteiger partial charge in [-0.15, -0.1) is 5.10 Å². The molecule has 1 saturated heterocycles. The van der Waals surface area contributed by atoms with Crippen molar-refractivity contribution >= 4 is 23.1 Å². The predicted octanol–water partition coefficient (Wildman–Crippen LogP) is 2.32. The molecular weight excluding hydrogens is 419 g/mol. The zero-order chi connectivity index (χ0) is 22.3. The van der Waals surface area contributed by atoms with E-state index in [1.165, 1.54) is 9.42 Å². The highest BCUT2D eigenvalue weighted by Crippen LogP contribution is 2.36. The third-order valence-corrected chi connectivity index (χ3v) is 5.03. The van der Waals surface area contributed by atoms with Gasteiger partial charge in [-0.3, -0.25) is 14.9 Å². The Hall–Kier alpha value is -3.77. The Morgan fingerprint density at radius 3 is 2.48 bits per heavy atom. The van der Waals surface area contributed by atoms with E-state index in [0.29, 0.717) is 11.8 Å². The predicted molar refractivity (Wildman–Crippen MR) is 102 cm³/mol. The minimum absolute atomic E-state index is 0.0178. The lowest BCUT2D eigenvalue weighted by Gasteiger charge is -2.35. The molecule has 1 amide bonds. The highest BCUT2D eigenvalue weighted by Gasteiger charge is 2.34. The van der Waals surface area contributed by atoms with E-state index in [1.807, 2.05) is 0 Å². The van der Waals surface area contributed by atoms with Gasteiger partial charge in [-0.2, -0.15) is 18.2 Å². The average molecular weight is 435 g/mol. The number of carbonyl (C=O) groups is 1. The van der Waals surface area contributed by atoms with Crippen LogP contribution in [0.2, 0.25) is 0 Å². The van der Waals surface area contributed by atoms with Gasteiger partial charge in [0.25, 0.3) is 17.4 Å². The van der Waals surface area contributed by atoms with Crippen LogP contribution in [-0.4, -0.2) is 61.5 Å². The fourth-order valence-corrected chi connectivity index (χ4v) is 3.40. The lowest BCUT2D eigenvalue weighted by atomic mass is 10.1. The van der Waals surface area contributed by atoms with Crippen LogP contribution in [0.1, 0.15) is 21.9 Å². The number of benzene rings is 1. The summed E-state index contributed by atoms with van der Waals surface area (Å²) in [4.78, 5) is 34.5. The molecule has 162 valence electrons. The Morgan fingerprint density at radius 1 is 1.16 bits per heavy atom. The molecule has 0 aliphatic carbocycles. The molecule has 0 bridgehead atoms. The third-order valence-electron chi connectivity index (χ3n) is 5.03. The van der Waals surface area contributed by atoms with Gasteiger partial charge in [0.15, 0.2) is 0 Å². The molecule has 0 spiro atoms. The first-order valence-corrected chi connectivity index (χ1v) is 9.23. The van der Waals surface area contributed by atoms with Crippen LogP contribution in [0.3, 0.4) is 0 Å². The first kappa shape index (κ1) is 20.5. The zero-order valence-corrected chi connectivity index (χ0v) is 16.2. The molecule has 13 heteroatoms. The number of hydrogen-bond donors (Lipinski definition) is 0. The summed E-state index contributed by atoms with van der Waals surface area (Å²) in [6.07, 6.45) is -3.12. The molecule has 4 rings (SSSR count). The molecule has 0 saturated carbocycles. The van der Waals surface area contributed by atoms with Crippen LogP contribution in [0.4, 0.5) is 24.5 Å². The smallest absolute Gasteiger partial charge is 0.362 e. The highest BCUT2D eigenvalue weighted by atomic mass is 19.4. The minimum atomic E-state index is -4.68. The van der Waals surface area contributed by atoms with Crippen molar-refractivity contribution in [2.24, 2.45) is 0 Å². The van der Waals surface area contributed by atoms with E-state index < -0.39 is 28.3 Å². The number of alkyl halides is 3. The maximum Gasteiger partial charge on any atom is 0.416 e. The molecule has 0 radical (unpaired) electrons. The number of nitro groups is 1. The van der Waals surface area contributed by atoms with Gasteiger partial charge >= 0.3 is 6.18 Å². The fourth-order valence-electron chi connectivity index (χ4n) is 3.40. The number of nitro benzene ring substituents is 1. The van der Waals surface area contributed by atoms with Crippen LogP contribution in [0.5, 0.6) is 0 Å². The molecule has 3 heterocycles. The number of nitrogens with zero attached hydrogens (tertiary/aromatic N) is 7. The van der Waals surface area contributed by atoms with Crippen LogP contribution in [0, 0.1) is 17.0 Å². The first-order valence-electron chi connectivity index (χ1n) is 9.23. The van der Waals surface area contributed by atoms with Crippen LogP contribution in [0.25, 0.3) is 5.78 Å². The summed E-state index contributed by atoms with van der Waals surface area (Å²) in [5.41, 5.74) is -0.872. The number of fused-ring (bicyclic) bond motifs is 1. The summed E-state index contributed by atoms with van der Waals surface area (Å²) in [6, 6.07) is 4.17. The van der Waals surface area contributed by atoms with Crippen LogP contribution in [0.15, 0.2) is 30.5 Å². The quantitative estimate of drug-likeness (QED) is 0.459. The van der Waals surface area contributed by atoms with Gasteiger partial charge in [-0.05, 0) is 25.1 Å². The Bertz CT molecular complexity index is 1170. The highest BCUT2D eigenvalue weighted by molar-refractivity contribution is 5.91.